The molecule has 3 N–H and O–H groups in total. The predicted octanol–water partition coefficient (Wildman–Crippen LogP) is 5.36. The van der Waals surface area contributed by atoms with E-state index in [1.54, 1.807) is 17.8 Å². The van der Waals surface area contributed by atoms with Crippen molar-refractivity contribution >= 4 is 55.8 Å². The zero-order valence-corrected chi connectivity index (χ0v) is 15.4. The lowest BCUT2D eigenvalue weighted by atomic mass is 10.2. The topological polar surface area (TPSA) is 63.8 Å². The summed E-state index contributed by atoms with van der Waals surface area (Å²) in [6.45, 7) is 2.12. The van der Waals surface area contributed by atoms with Gasteiger partial charge in [-0.15, -0.1) is 11.8 Å². The zero-order chi connectivity index (χ0) is 17.1. The van der Waals surface area contributed by atoms with Crippen LogP contribution in [0, 0.1) is 5.82 Å². The summed E-state index contributed by atoms with van der Waals surface area (Å²) in [5.74, 6) is 1.05. The van der Waals surface area contributed by atoms with Crippen LogP contribution in [-0.4, -0.2) is 15.7 Å². The predicted molar refractivity (Wildman–Crippen MR) is 102 cm³/mol. The molecule has 24 heavy (non-hydrogen) atoms. The number of fused-ring (bicyclic) bond motifs is 1. The molecule has 2 aromatic carbocycles. The molecular weight excluding hydrogens is 391 g/mol. The molecule has 1 heterocycles. The lowest BCUT2D eigenvalue weighted by molar-refractivity contribution is 0.638. The summed E-state index contributed by atoms with van der Waals surface area (Å²) >= 11 is 4.98. The van der Waals surface area contributed by atoms with Gasteiger partial charge in [0.15, 0.2) is 0 Å². The van der Waals surface area contributed by atoms with Crippen molar-refractivity contribution in [3.63, 3.8) is 0 Å². The number of nitrogens with zero attached hydrogens (tertiary/aromatic N) is 2. The smallest absolute Gasteiger partial charge is 0.144 e. The molecule has 4 nitrogen and oxygen atoms in total. The largest absolute Gasteiger partial charge is 0.398 e. The Labute approximate surface area is 152 Å². The number of nitrogens with one attached hydrogen (secondary N) is 1. The maximum atomic E-state index is 14.3. The number of rotatable bonds is 5. The van der Waals surface area contributed by atoms with Crippen LogP contribution in [0.1, 0.15) is 13.3 Å². The molecular formula is C17H16BrFN4S. The van der Waals surface area contributed by atoms with Gasteiger partial charge in [0.1, 0.15) is 18.0 Å². The number of hydrogen-bond acceptors (Lipinski definition) is 5. The summed E-state index contributed by atoms with van der Waals surface area (Å²) in [4.78, 5) is 9.33. The van der Waals surface area contributed by atoms with Gasteiger partial charge >= 0.3 is 0 Å². The fourth-order valence-electron chi connectivity index (χ4n) is 2.29. The number of benzene rings is 2. The number of anilines is 3. The lowest BCUT2D eigenvalue weighted by Crippen LogP contribution is -1.99. The fourth-order valence-corrected chi connectivity index (χ4v) is 3.58. The molecule has 0 radical (unpaired) electrons. The van der Waals surface area contributed by atoms with Crippen LogP contribution in [-0.2, 0) is 0 Å². The van der Waals surface area contributed by atoms with Crippen molar-refractivity contribution in [1.82, 2.24) is 9.97 Å². The Hall–Kier alpha value is -1.86. The second-order valence-corrected chi connectivity index (χ2v) is 7.28. The molecule has 124 valence electrons. The molecule has 0 aliphatic heterocycles. The molecule has 7 heteroatoms. The first kappa shape index (κ1) is 17.0. The molecule has 0 spiro atoms. The Morgan fingerprint density at radius 1 is 1.25 bits per heavy atom. The first-order valence-corrected chi connectivity index (χ1v) is 9.25. The van der Waals surface area contributed by atoms with Crippen LogP contribution in [0.3, 0.4) is 0 Å². The molecule has 0 bridgehead atoms. The van der Waals surface area contributed by atoms with E-state index in [-0.39, 0.29) is 5.82 Å². The summed E-state index contributed by atoms with van der Waals surface area (Å²) in [6.07, 6.45) is 2.49. The highest BCUT2D eigenvalue weighted by Crippen LogP contribution is 2.32. The number of nitrogens with two attached hydrogens (primary N) is 1. The van der Waals surface area contributed by atoms with Crippen LogP contribution in [0.4, 0.5) is 21.6 Å². The monoisotopic (exact) mass is 406 g/mol. The third kappa shape index (κ3) is 3.62. The van der Waals surface area contributed by atoms with Crippen molar-refractivity contribution in [2.24, 2.45) is 0 Å². The van der Waals surface area contributed by atoms with Gasteiger partial charge in [-0.1, -0.05) is 22.9 Å². The van der Waals surface area contributed by atoms with Crippen molar-refractivity contribution < 1.29 is 4.39 Å². The van der Waals surface area contributed by atoms with Crippen molar-refractivity contribution in [3.8, 4) is 0 Å². The molecule has 0 unspecified atom stereocenters. The third-order valence-corrected chi connectivity index (χ3v) is 5.13. The maximum absolute atomic E-state index is 14.3. The zero-order valence-electron chi connectivity index (χ0n) is 13.0. The van der Waals surface area contributed by atoms with Crippen LogP contribution < -0.4 is 11.1 Å². The van der Waals surface area contributed by atoms with Crippen LogP contribution >= 0.6 is 27.7 Å². The SMILES string of the molecule is CCCSc1cc(Nc2ncnc3cc(Br)cc(F)c23)ccc1N. The Balaban J connectivity index is 1.98. The van der Waals surface area contributed by atoms with E-state index < -0.39 is 0 Å². The van der Waals surface area contributed by atoms with Crippen molar-refractivity contribution in [3.05, 3.63) is 46.9 Å². The van der Waals surface area contributed by atoms with E-state index in [2.05, 4.69) is 38.1 Å². The van der Waals surface area contributed by atoms with Crippen LogP contribution in [0.2, 0.25) is 0 Å². The molecule has 1 aromatic heterocycles. The van der Waals surface area contributed by atoms with E-state index in [4.69, 9.17) is 5.73 Å². The Morgan fingerprint density at radius 2 is 2.08 bits per heavy atom. The average Bonchev–Trinajstić information content (AvgIpc) is 2.55. The van der Waals surface area contributed by atoms with E-state index in [1.165, 1.54) is 12.4 Å². The van der Waals surface area contributed by atoms with Crippen LogP contribution in [0.25, 0.3) is 10.9 Å². The minimum absolute atomic E-state index is 0.361. The second kappa shape index (κ2) is 7.36. The summed E-state index contributed by atoms with van der Waals surface area (Å²) < 4.78 is 15.0. The summed E-state index contributed by atoms with van der Waals surface area (Å²) in [5.41, 5.74) is 8.10. The van der Waals surface area contributed by atoms with Gasteiger partial charge < -0.3 is 11.1 Å². The molecule has 0 aliphatic carbocycles. The molecule has 0 amide bonds. The highest BCUT2D eigenvalue weighted by Gasteiger charge is 2.11. The number of aromatic nitrogens is 2. The van der Waals surface area contributed by atoms with Gasteiger partial charge in [0.2, 0.25) is 0 Å². The molecule has 0 atom stereocenters. The first-order valence-electron chi connectivity index (χ1n) is 7.47. The van der Waals surface area contributed by atoms with Crippen LogP contribution in [0.15, 0.2) is 46.0 Å². The lowest BCUT2D eigenvalue weighted by Gasteiger charge is -2.12. The number of hydrogen-bond donors (Lipinski definition) is 2. The summed E-state index contributed by atoms with van der Waals surface area (Å²) in [7, 11) is 0. The van der Waals surface area contributed by atoms with Gasteiger partial charge in [-0.2, -0.15) is 0 Å². The molecule has 3 aromatic rings. The number of nitrogen functional groups attached to an aromatic ring is 1. The second-order valence-electron chi connectivity index (χ2n) is 5.23. The normalized spacial score (nSPS) is 11.0. The van der Waals surface area contributed by atoms with Gasteiger partial charge in [0.05, 0.1) is 10.9 Å². The highest BCUT2D eigenvalue weighted by molar-refractivity contribution is 9.10. The Morgan fingerprint density at radius 3 is 2.88 bits per heavy atom. The maximum Gasteiger partial charge on any atom is 0.144 e. The molecule has 0 aliphatic rings. The molecule has 3 rings (SSSR count). The molecule has 0 saturated carbocycles. The summed E-state index contributed by atoms with van der Waals surface area (Å²) in [6, 6.07) is 8.83. The van der Waals surface area contributed by atoms with Gasteiger partial charge in [0, 0.05) is 20.7 Å². The number of halogens is 2. The fraction of sp³-hybridized carbons (Fsp3) is 0.176. The van der Waals surface area contributed by atoms with Gasteiger partial charge in [0.25, 0.3) is 0 Å². The average molecular weight is 407 g/mol. The Kier molecular flexibility index (Phi) is 5.20. The molecule has 0 saturated heterocycles. The molecule has 0 fully saturated rings. The Bertz CT molecular complexity index is 888. The minimum Gasteiger partial charge on any atom is -0.398 e. The van der Waals surface area contributed by atoms with Crippen LogP contribution in [0.5, 0.6) is 0 Å². The van der Waals surface area contributed by atoms with E-state index >= 15 is 0 Å². The van der Waals surface area contributed by atoms with E-state index in [0.717, 1.165) is 28.4 Å². The van der Waals surface area contributed by atoms with Crippen molar-refractivity contribution in [1.29, 1.82) is 0 Å². The minimum atomic E-state index is -0.376. The van der Waals surface area contributed by atoms with Gasteiger partial charge in [-0.25, -0.2) is 14.4 Å². The highest BCUT2D eigenvalue weighted by atomic mass is 79.9. The quantitative estimate of drug-likeness (QED) is 0.440. The standard InChI is InChI=1S/C17H16BrFN4S/c1-2-5-24-15-8-11(3-4-13(15)20)23-17-16-12(19)6-10(18)7-14(16)21-9-22-17/h3-4,6-9H,2,5,20H2,1H3,(H,21,22,23). The van der Waals surface area contributed by atoms with E-state index in [9.17, 15) is 4.39 Å². The van der Waals surface area contributed by atoms with E-state index in [0.29, 0.717) is 21.2 Å². The van der Waals surface area contributed by atoms with Crippen molar-refractivity contribution in [2.75, 3.05) is 16.8 Å². The van der Waals surface area contributed by atoms with Gasteiger partial charge in [-0.3, -0.25) is 0 Å². The summed E-state index contributed by atoms with van der Waals surface area (Å²) in [5, 5.41) is 3.54. The number of thioether (sulfide) groups is 1. The van der Waals surface area contributed by atoms with Crippen molar-refractivity contribution in [2.45, 2.75) is 18.2 Å². The third-order valence-electron chi connectivity index (χ3n) is 3.39. The van der Waals surface area contributed by atoms with E-state index in [1.807, 2.05) is 18.2 Å². The first-order chi connectivity index (χ1) is 11.6. The van der Waals surface area contributed by atoms with Gasteiger partial charge in [-0.05, 0) is 42.5 Å².